The van der Waals surface area contributed by atoms with Crippen LogP contribution in [0.4, 0.5) is 0 Å². The van der Waals surface area contributed by atoms with E-state index in [2.05, 4.69) is 27.8 Å². The molecule has 96 valence electrons. The maximum Gasteiger partial charge on any atom is 0.218 e. The SMILES string of the molecule is CCCCCCCOc1ncc(Br)cc1CO. The normalized spacial score (nSPS) is 10.5. The van der Waals surface area contributed by atoms with Crippen LogP contribution < -0.4 is 4.74 Å². The lowest BCUT2D eigenvalue weighted by molar-refractivity contribution is 0.254. The lowest BCUT2D eigenvalue weighted by Crippen LogP contribution is -2.02. The molecule has 17 heavy (non-hydrogen) atoms. The second-order valence-electron chi connectivity index (χ2n) is 4.04. The van der Waals surface area contributed by atoms with Gasteiger partial charge in [0, 0.05) is 16.2 Å². The lowest BCUT2D eigenvalue weighted by Gasteiger charge is -2.09. The van der Waals surface area contributed by atoms with E-state index in [1.807, 2.05) is 6.07 Å². The summed E-state index contributed by atoms with van der Waals surface area (Å²) < 4.78 is 6.43. The number of aliphatic hydroxyl groups excluding tert-OH is 1. The molecule has 1 aromatic heterocycles. The van der Waals surface area contributed by atoms with E-state index in [0.29, 0.717) is 12.5 Å². The Balaban J connectivity index is 2.31. The Kier molecular flexibility index (Phi) is 7.21. The molecule has 0 unspecified atom stereocenters. The lowest BCUT2D eigenvalue weighted by atomic mass is 10.2. The van der Waals surface area contributed by atoms with E-state index in [1.54, 1.807) is 6.20 Å². The number of unbranched alkanes of at least 4 members (excludes halogenated alkanes) is 4. The summed E-state index contributed by atoms with van der Waals surface area (Å²) in [5.74, 6) is 0.547. The summed E-state index contributed by atoms with van der Waals surface area (Å²) in [4.78, 5) is 4.15. The van der Waals surface area contributed by atoms with Crippen LogP contribution in [0.1, 0.15) is 44.6 Å². The standard InChI is InChI=1S/C13H20BrNO2/c1-2-3-4-5-6-7-17-13-11(10-16)8-12(14)9-15-13/h8-9,16H,2-7,10H2,1H3. The van der Waals surface area contributed by atoms with Crippen molar-refractivity contribution < 1.29 is 9.84 Å². The van der Waals surface area contributed by atoms with Crippen LogP contribution in [0.5, 0.6) is 5.88 Å². The summed E-state index contributed by atoms with van der Waals surface area (Å²) in [6, 6.07) is 1.83. The van der Waals surface area contributed by atoms with Gasteiger partial charge in [-0.05, 0) is 28.4 Å². The van der Waals surface area contributed by atoms with Crippen molar-refractivity contribution in [3.8, 4) is 5.88 Å². The predicted molar refractivity (Wildman–Crippen MR) is 72.1 cm³/mol. The highest BCUT2D eigenvalue weighted by molar-refractivity contribution is 9.10. The molecule has 0 bridgehead atoms. The Morgan fingerprint density at radius 1 is 1.29 bits per heavy atom. The highest BCUT2D eigenvalue weighted by Crippen LogP contribution is 2.20. The molecule has 0 saturated heterocycles. The molecular weight excluding hydrogens is 282 g/mol. The summed E-state index contributed by atoms with van der Waals surface area (Å²) >= 11 is 3.32. The molecule has 3 nitrogen and oxygen atoms in total. The second kappa shape index (κ2) is 8.48. The Bertz CT molecular complexity index is 331. The van der Waals surface area contributed by atoms with Gasteiger partial charge in [0.2, 0.25) is 5.88 Å². The van der Waals surface area contributed by atoms with Crippen LogP contribution in [0.15, 0.2) is 16.7 Å². The van der Waals surface area contributed by atoms with E-state index in [0.717, 1.165) is 16.5 Å². The first-order chi connectivity index (χ1) is 8.27. The van der Waals surface area contributed by atoms with Gasteiger partial charge >= 0.3 is 0 Å². The number of nitrogens with zero attached hydrogens (tertiary/aromatic N) is 1. The predicted octanol–water partition coefficient (Wildman–Crippen LogP) is 3.69. The number of hydrogen-bond acceptors (Lipinski definition) is 3. The maximum absolute atomic E-state index is 9.17. The molecular formula is C13H20BrNO2. The van der Waals surface area contributed by atoms with Gasteiger partial charge in [-0.1, -0.05) is 32.6 Å². The largest absolute Gasteiger partial charge is 0.477 e. The van der Waals surface area contributed by atoms with E-state index >= 15 is 0 Å². The molecule has 4 heteroatoms. The number of ether oxygens (including phenoxy) is 1. The number of halogens is 1. The number of aliphatic hydroxyl groups is 1. The van der Waals surface area contributed by atoms with Crippen molar-refractivity contribution in [1.29, 1.82) is 0 Å². The highest BCUT2D eigenvalue weighted by atomic mass is 79.9. The van der Waals surface area contributed by atoms with E-state index < -0.39 is 0 Å². The number of pyridine rings is 1. The van der Waals surface area contributed by atoms with Crippen molar-refractivity contribution in [3.05, 3.63) is 22.3 Å². The average molecular weight is 302 g/mol. The van der Waals surface area contributed by atoms with Crippen LogP contribution in [-0.2, 0) is 6.61 Å². The number of aromatic nitrogens is 1. The van der Waals surface area contributed by atoms with Crippen LogP contribution in [-0.4, -0.2) is 16.7 Å². The third-order valence-electron chi connectivity index (χ3n) is 2.55. The summed E-state index contributed by atoms with van der Waals surface area (Å²) in [5, 5.41) is 9.17. The molecule has 1 N–H and O–H groups in total. The molecule has 1 rings (SSSR count). The first-order valence-corrected chi connectivity index (χ1v) is 6.95. The number of hydrogen-bond donors (Lipinski definition) is 1. The minimum absolute atomic E-state index is 0.0440. The summed E-state index contributed by atoms with van der Waals surface area (Å²) in [5.41, 5.74) is 0.730. The average Bonchev–Trinajstić information content (AvgIpc) is 2.35. The van der Waals surface area contributed by atoms with Gasteiger partial charge in [0.1, 0.15) is 0 Å². The van der Waals surface area contributed by atoms with Gasteiger partial charge in [0.05, 0.1) is 13.2 Å². The Morgan fingerprint density at radius 2 is 2.06 bits per heavy atom. The van der Waals surface area contributed by atoms with Gasteiger partial charge in [-0.25, -0.2) is 4.98 Å². The monoisotopic (exact) mass is 301 g/mol. The van der Waals surface area contributed by atoms with E-state index in [9.17, 15) is 5.11 Å². The van der Waals surface area contributed by atoms with Crippen LogP contribution in [0.25, 0.3) is 0 Å². The van der Waals surface area contributed by atoms with Gasteiger partial charge in [-0.15, -0.1) is 0 Å². The minimum Gasteiger partial charge on any atom is -0.477 e. The Morgan fingerprint density at radius 3 is 2.76 bits per heavy atom. The molecule has 1 heterocycles. The maximum atomic E-state index is 9.17. The fourth-order valence-electron chi connectivity index (χ4n) is 1.59. The molecule has 0 aromatic carbocycles. The van der Waals surface area contributed by atoms with E-state index in [-0.39, 0.29) is 6.61 Å². The molecule has 0 spiro atoms. The zero-order chi connectivity index (χ0) is 12.5. The first-order valence-electron chi connectivity index (χ1n) is 6.16. The molecule has 0 aliphatic carbocycles. The molecule has 0 saturated carbocycles. The minimum atomic E-state index is -0.0440. The van der Waals surface area contributed by atoms with Crippen molar-refractivity contribution in [3.63, 3.8) is 0 Å². The molecule has 0 amide bonds. The molecule has 0 fully saturated rings. The van der Waals surface area contributed by atoms with Crippen molar-refractivity contribution in [2.75, 3.05) is 6.61 Å². The first kappa shape index (κ1) is 14.5. The van der Waals surface area contributed by atoms with E-state index in [1.165, 1.54) is 25.7 Å². The van der Waals surface area contributed by atoms with Crippen molar-refractivity contribution >= 4 is 15.9 Å². The van der Waals surface area contributed by atoms with Gasteiger partial charge in [0.25, 0.3) is 0 Å². The molecule has 0 aliphatic rings. The fourth-order valence-corrected chi connectivity index (χ4v) is 1.97. The van der Waals surface area contributed by atoms with Gasteiger partial charge in [-0.2, -0.15) is 0 Å². The fraction of sp³-hybridized carbons (Fsp3) is 0.615. The Labute approximate surface area is 111 Å². The quantitative estimate of drug-likeness (QED) is 0.745. The smallest absolute Gasteiger partial charge is 0.218 e. The topological polar surface area (TPSA) is 42.4 Å². The van der Waals surface area contributed by atoms with Crippen molar-refractivity contribution in [1.82, 2.24) is 4.98 Å². The van der Waals surface area contributed by atoms with Gasteiger partial charge in [-0.3, -0.25) is 0 Å². The summed E-state index contributed by atoms with van der Waals surface area (Å²) in [6.07, 6.45) is 7.73. The van der Waals surface area contributed by atoms with Crippen LogP contribution in [0.2, 0.25) is 0 Å². The summed E-state index contributed by atoms with van der Waals surface area (Å²) in [7, 11) is 0. The van der Waals surface area contributed by atoms with Crippen LogP contribution in [0, 0.1) is 0 Å². The van der Waals surface area contributed by atoms with Gasteiger partial charge in [0.15, 0.2) is 0 Å². The third-order valence-corrected chi connectivity index (χ3v) is 2.98. The zero-order valence-corrected chi connectivity index (χ0v) is 11.9. The number of rotatable bonds is 8. The third kappa shape index (κ3) is 5.50. The van der Waals surface area contributed by atoms with Crippen molar-refractivity contribution in [2.24, 2.45) is 0 Å². The zero-order valence-electron chi connectivity index (χ0n) is 10.3. The van der Waals surface area contributed by atoms with Crippen molar-refractivity contribution in [2.45, 2.75) is 45.6 Å². The molecule has 0 atom stereocenters. The van der Waals surface area contributed by atoms with Gasteiger partial charge < -0.3 is 9.84 Å². The van der Waals surface area contributed by atoms with Crippen LogP contribution in [0.3, 0.4) is 0 Å². The van der Waals surface area contributed by atoms with Crippen LogP contribution >= 0.6 is 15.9 Å². The summed E-state index contributed by atoms with van der Waals surface area (Å²) in [6.45, 7) is 2.83. The highest BCUT2D eigenvalue weighted by Gasteiger charge is 2.05. The second-order valence-corrected chi connectivity index (χ2v) is 4.95. The molecule has 0 radical (unpaired) electrons. The van der Waals surface area contributed by atoms with E-state index in [4.69, 9.17) is 4.74 Å². The Hall–Kier alpha value is -0.610. The molecule has 0 aliphatic heterocycles. The molecule has 1 aromatic rings.